The highest BCUT2D eigenvalue weighted by molar-refractivity contribution is 5.31. The zero-order valence-electron chi connectivity index (χ0n) is 13.8. The molecule has 1 aromatic rings. The lowest BCUT2D eigenvalue weighted by Gasteiger charge is -2.34. The van der Waals surface area contributed by atoms with Crippen molar-refractivity contribution in [3.05, 3.63) is 42.0 Å². The van der Waals surface area contributed by atoms with Crippen molar-refractivity contribution in [2.24, 2.45) is 0 Å². The molecule has 1 aromatic carbocycles. The third-order valence-electron chi connectivity index (χ3n) is 3.93. The molecule has 0 bridgehead atoms. The van der Waals surface area contributed by atoms with Gasteiger partial charge in [0.15, 0.2) is 23.5 Å². The van der Waals surface area contributed by atoms with Crippen molar-refractivity contribution >= 4 is 0 Å². The third-order valence-corrected chi connectivity index (χ3v) is 3.93. The lowest BCUT2D eigenvalue weighted by molar-refractivity contribution is -0.235. The van der Waals surface area contributed by atoms with Gasteiger partial charge in [-0.15, -0.1) is 6.58 Å². The standard InChI is InChI=1S/C18H23F3O3/c1-3-5-10-18(21)11-23-15(24-12-18)9-7-13-6-8-14(22-4-2)17(20)16(13)19/h3,6,8,15H,1,4-5,7,9-12H2,2H3. The van der Waals surface area contributed by atoms with Gasteiger partial charge in [-0.3, -0.25) is 0 Å². The summed E-state index contributed by atoms with van der Waals surface area (Å²) in [4.78, 5) is 0. The van der Waals surface area contributed by atoms with Crippen molar-refractivity contribution in [2.45, 2.75) is 44.6 Å². The Kier molecular flexibility index (Phi) is 6.69. The molecular weight excluding hydrogens is 321 g/mol. The average Bonchev–Trinajstić information content (AvgIpc) is 2.58. The summed E-state index contributed by atoms with van der Waals surface area (Å²) in [6.45, 7) is 5.39. The van der Waals surface area contributed by atoms with Gasteiger partial charge in [0.25, 0.3) is 0 Å². The quantitative estimate of drug-likeness (QED) is 0.657. The van der Waals surface area contributed by atoms with E-state index in [-0.39, 0.29) is 37.6 Å². The first-order valence-electron chi connectivity index (χ1n) is 8.12. The molecule has 0 amide bonds. The largest absolute Gasteiger partial charge is 0.491 e. The molecule has 3 nitrogen and oxygen atoms in total. The van der Waals surface area contributed by atoms with E-state index < -0.39 is 23.6 Å². The van der Waals surface area contributed by atoms with Crippen molar-refractivity contribution in [1.29, 1.82) is 0 Å². The Morgan fingerprint density at radius 3 is 2.62 bits per heavy atom. The van der Waals surface area contributed by atoms with E-state index in [1.54, 1.807) is 13.0 Å². The van der Waals surface area contributed by atoms with Gasteiger partial charge in [-0.25, -0.2) is 8.78 Å². The second-order valence-corrected chi connectivity index (χ2v) is 5.85. The minimum Gasteiger partial charge on any atom is -0.491 e. The van der Waals surface area contributed by atoms with Crippen molar-refractivity contribution in [3.63, 3.8) is 0 Å². The summed E-state index contributed by atoms with van der Waals surface area (Å²) in [5.74, 6) is -2.03. The first-order valence-corrected chi connectivity index (χ1v) is 8.12. The van der Waals surface area contributed by atoms with E-state index in [4.69, 9.17) is 14.2 Å². The Morgan fingerprint density at radius 2 is 2.00 bits per heavy atom. The van der Waals surface area contributed by atoms with Gasteiger partial charge in [-0.2, -0.15) is 4.39 Å². The van der Waals surface area contributed by atoms with Crippen LogP contribution in [0.1, 0.15) is 31.7 Å². The van der Waals surface area contributed by atoms with Crippen LogP contribution in [0.4, 0.5) is 13.2 Å². The maximum absolute atomic E-state index is 14.3. The number of hydrogen-bond acceptors (Lipinski definition) is 3. The lowest BCUT2D eigenvalue weighted by Crippen LogP contribution is -2.44. The van der Waals surface area contributed by atoms with E-state index >= 15 is 0 Å². The fraction of sp³-hybridized carbons (Fsp3) is 0.556. The first-order chi connectivity index (χ1) is 11.5. The molecule has 0 unspecified atom stereocenters. The average molecular weight is 344 g/mol. The fourth-order valence-corrected chi connectivity index (χ4v) is 2.55. The van der Waals surface area contributed by atoms with Crippen LogP contribution in [0.25, 0.3) is 0 Å². The minimum absolute atomic E-state index is 0.0639. The summed E-state index contributed by atoms with van der Waals surface area (Å²) in [5, 5.41) is 0. The van der Waals surface area contributed by atoms with Crippen LogP contribution in [0.3, 0.4) is 0 Å². The number of rotatable bonds is 8. The Hall–Kier alpha value is -1.53. The Morgan fingerprint density at radius 1 is 1.29 bits per heavy atom. The normalized spacial score (nSPS) is 23.9. The molecule has 0 aromatic heterocycles. The van der Waals surface area contributed by atoms with Crippen molar-refractivity contribution < 1.29 is 27.4 Å². The van der Waals surface area contributed by atoms with Crippen LogP contribution in [0.2, 0.25) is 0 Å². The summed E-state index contributed by atoms with van der Waals surface area (Å²) < 4.78 is 57.9. The Labute approximate surface area is 140 Å². The summed E-state index contributed by atoms with van der Waals surface area (Å²) in [6, 6.07) is 2.89. The molecule has 0 atom stereocenters. The molecule has 0 aliphatic carbocycles. The second-order valence-electron chi connectivity index (χ2n) is 5.85. The van der Waals surface area contributed by atoms with Gasteiger partial charge in [-0.05, 0) is 37.8 Å². The van der Waals surface area contributed by atoms with Crippen LogP contribution in [0.5, 0.6) is 5.75 Å². The topological polar surface area (TPSA) is 27.7 Å². The number of halogens is 3. The smallest absolute Gasteiger partial charge is 0.200 e. The van der Waals surface area contributed by atoms with Gasteiger partial charge in [0.1, 0.15) is 0 Å². The maximum Gasteiger partial charge on any atom is 0.200 e. The molecule has 0 saturated carbocycles. The van der Waals surface area contributed by atoms with Crippen LogP contribution in [-0.2, 0) is 15.9 Å². The summed E-state index contributed by atoms with van der Waals surface area (Å²) in [5.41, 5.74) is -1.30. The van der Waals surface area contributed by atoms with Gasteiger partial charge >= 0.3 is 0 Å². The van der Waals surface area contributed by atoms with Crippen molar-refractivity contribution in [1.82, 2.24) is 0 Å². The van der Waals surface area contributed by atoms with Gasteiger partial charge in [0.2, 0.25) is 5.82 Å². The maximum atomic E-state index is 14.3. The molecule has 1 heterocycles. The van der Waals surface area contributed by atoms with Crippen molar-refractivity contribution in [2.75, 3.05) is 19.8 Å². The molecule has 1 aliphatic heterocycles. The predicted molar refractivity (Wildman–Crippen MR) is 84.8 cm³/mol. The van der Waals surface area contributed by atoms with Crippen LogP contribution in [0, 0.1) is 11.6 Å². The molecule has 6 heteroatoms. The lowest BCUT2D eigenvalue weighted by atomic mass is 10.0. The van der Waals surface area contributed by atoms with Gasteiger partial charge < -0.3 is 14.2 Å². The van der Waals surface area contributed by atoms with E-state index in [2.05, 4.69) is 6.58 Å². The number of alkyl halides is 1. The van der Waals surface area contributed by atoms with E-state index in [1.165, 1.54) is 12.1 Å². The molecule has 0 radical (unpaired) electrons. The zero-order valence-corrected chi connectivity index (χ0v) is 13.8. The molecule has 1 saturated heterocycles. The molecule has 24 heavy (non-hydrogen) atoms. The highest BCUT2D eigenvalue weighted by Crippen LogP contribution is 2.28. The minimum atomic E-state index is -1.51. The molecule has 2 rings (SSSR count). The first kappa shape index (κ1) is 18.8. The monoisotopic (exact) mass is 344 g/mol. The predicted octanol–water partition coefficient (Wildman–Crippen LogP) is 4.34. The molecule has 1 fully saturated rings. The number of aryl methyl sites for hydroxylation is 1. The second kappa shape index (κ2) is 8.53. The van der Waals surface area contributed by atoms with E-state index in [1.807, 2.05) is 0 Å². The number of allylic oxidation sites excluding steroid dienone is 1. The SMILES string of the molecule is C=CCCC1(F)COC(CCc2ccc(OCC)c(F)c2F)OC1. The van der Waals surface area contributed by atoms with Crippen LogP contribution >= 0.6 is 0 Å². The Balaban J connectivity index is 1.86. The molecule has 0 spiro atoms. The summed E-state index contributed by atoms with van der Waals surface area (Å²) in [7, 11) is 0. The van der Waals surface area contributed by atoms with Crippen LogP contribution in [0.15, 0.2) is 24.8 Å². The van der Waals surface area contributed by atoms with Crippen LogP contribution in [-0.4, -0.2) is 31.8 Å². The van der Waals surface area contributed by atoms with Crippen molar-refractivity contribution in [3.8, 4) is 5.75 Å². The fourth-order valence-electron chi connectivity index (χ4n) is 2.55. The zero-order chi connectivity index (χ0) is 17.6. The molecule has 0 N–H and O–H groups in total. The van der Waals surface area contributed by atoms with Crippen LogP contribution < -0.4 is 4.74 Å². The molecule has 1 aliphatic rings. The Bertz CT molecular complexity index is 555. The highest BCUT2D eigenvalue weighted by atomic mass is 19.2. The molecular formula is C18H23F3O3. The third kappa shape index (κ3) is 4.74. The van der Waals surface area contributed by atoms with Gasteiger partial charge in [0, 0.05) is 6.42 Å². The van der Waals surface area contributed by atoms with E-state index in [9.17, 15) is 13.2 Å². The highest BCUT2D eigenvalue weighted by Gasteiger charge is 2.36. The number of ether oxygens (including phenoxy) is 3. The van der Waals surface area contributed by atoms with E-state index in [0.717, 1.165) is 0 Å². The molecule has 134 valence electrons. The summed E-state index contributed by atoms with van der Waals surface area (Å²) >= 11 is 0. The number of hydrogen-bond donors (Lipinski definition) is 0. The van der Waals surface area contributed by atoms with Gasteiger partial charge in [-0.1, -0.05) is 12.1 Å². The summed E-state index contributed by atoms with van der Waals surface area (Å²) in [6.07, 6.45) is 2.42. The van der Waals surface area contributed by atoms with Gasteiger partial charge in [0.05, 0.1) is 19.8 Å². The number of benzene rings is 1. The van der Waals surface area contributed by atoms with E-state index in [0.29, 0.717) is 19.3 Å².